The molecule has 3 aromatic rings. The Labute approximate surface area is 210 Å². The summed E-state index contributed by atoms with van der Waals surface area (Å²) in [6.07, 6.45) is 3.58. The highest BCUT2D eigenvalue weighted by molar-refractivity contribution is 8.01. The maximum Gasteiger partial charge on any atom is 0.248 e. The molecule has 0 unspecified atom stereocenters. The van der Waals surface area contributed by atoms with E-state index in [4.69, 9.17) is 4.52 Å². The predicted molar refractivity (Wildman–Crippen MR) is 133 cm³/mol. The van der Waals surface area contributed by atoms with Crippen LogP contribution >= 0.6 is 23.1 Å². The molecule has 9 nitrogen and oxygen atoms in total. The van der Waals surface area contributed by atoms with Gasteiger partial charge in [0.05, 0.1) is 0 Å². The molecule has 1 N–H and O–H groups in total. The van der Waals surface area contributed by atoms with Gasteiger partial charge < -0.3 is 9.84 Å². The number of nitrogens with one attached hydrogen (secondary N) is 1. The molecule has 13 heteroatoms. The summed E-state index contributed by atoms with van der Waals surface area (Å²) in [7, 11) is -3.93. The van der Waals surface area contributed by atoms with E-state index in [0.717, 1.165) is 10.1 Å². The Hall–Kier alpha value is -2.61. The van der Waals surface area contributed by atoms with Crippen molar-refractivity contribution in [3.63, 3.8) is 0 Å². The van der Waals surface area contributed by atoms with Crippen molar-refractivity contribution >= 4 is 56.3 Å². The number of halogens is 1. The number of hydrogen-bond donors (Lipinski definition) is 1. The molecule has 1 fully saturated rings. The second-order valence-corrected chi connectivity index (χ2v) is 12.2. The van der Waals surface area contributed by atoms with Crippen molar-refractivity contribution in [1.82, 2.24) is 19.7 Å². The average molecular weight is 538 g/mol. The van der Waals surface area contributed by atoms with Crippen molar-refractivity contribution < 1.29 is 22.1 Å². The molecule has 0 bridgehead atoms. The number of amides is 1. The Bertz CT molecular complexity index is 1330. The summed E-state index contributed by atoms with van der Waals surface area (Å²) in [6.45, 7) is 3.91. The highest BCUT2D eigenvalue weighted by atomic mass is 32.2. The van der Waals surface area contributed by atoms with Crippen LogP contribution in [0.25, 0.3) is 12.2 Å². The summed E-state index contributed by atoms with van der Waals surface area (Å²) in [5.41, 5.74) is 0.516. The number of anilines is 1. The summed E-state index contributed by atoms with van der Waals surface area (Å²) >= 11 is 2.86. The van der Waals surface area contributed by atoms with Crippen molar-refractivity contribution in [3.8, 4) is 0 Å². The normalized spacial score (nSPS) is 15.6. The lowest BCUT2D eigenvalue weighted by atomic mass is 9.97. The Morgan fingerprint density at radius 1 is 1.29 bits per heavy atom. The smallest absolute Gasteiger partial charge is 0.248 e. The maximum atomic E-state index is 13.9. The molecular weight excluding hydrogens is 513 g/mol. The van der Waals surface area contributed by atoms with Crippen LogP contribution < -0.4 is 5.32 Å². The first-order chi connectivity index (χ1) is 16.8. The fourth-order valence-electron chi connectivity index (χ4n) is 3.71. The van der Waals surface area contributed by atoms with Gasteiger partial charge >= 0.3 is 0 Å². The highest BCUT2D eigenvalue weighted by Crippen LogP contribution is 2.30. The lowest BCUT2D eigenvalue weighted by Gasteiger charge is -2.30. The molecule has 35 heavy (non-hydrogen) atoms. The third kappa shape index (κ3) is 5.80. The van der Waals surface area contributed by atoms with Gasteiger partial charge in [0.25, 0.3) is 0 Å². The van der Waals surface area contributed by atoms with E-state index in [1.165, 1.54) is 33.9 Å². The van der Waals surface area contributed by atoms with Gasteiger partial charge in [0.2, 0.25) is 21.1 Å². The van der Waals surface area contributed by atoms with Crippen LogP contribution in [0.2, 0.25) is 0 Å². The SMILES string of the molecule is CCSc1nnc(NC(=O)C2CCN(S(=O)(=O)c3c(C)noc3C=Cc3ccccc3F)CC2)s1. The molecule has 2 aromatic heterocycles. The molecule has 1 aliphatic rings. The highest BCUT2D eigenvalue weighted by Gasteiger charge is 2.36. The monoisotopic (exact) mass is 537 g/mol. The summed E-state index contributed by atoms with van der Waals surface area (Å²) < 4.78 is 48.1. The number of sulfonamides is 1. The van der Waals surface area contributed by atoms with E-state index >= 15 is 0 Å². The third-order valence-corrected chi connectivity index (χ3v) is 9.39. The van der Waals surface area contributed by atoms with Gasteiger partial charge in [0.15, 0.2) is 15.0 Å². The van der Waals surface area contributed by atoms with Crippen LogP contribution in [0.3, 0.4) is 0 Å². The van der Waals surface area contributed by atoms with Crippen LogP contribution in [-0.4, -0.2) is 52.8 Å². The van der Waals surface area contributed by atoms with Gasteiger partial charge in [-0.25, -0.2) is 12.8 Å². The number of piperidine rings is 1. The van der Waals surface area contributed by atoms with E-state index in [1.807, 2.05) is 6.92 Å². The van der Waals surface area contributed by atoms with Gasteiger partial charge in [-0.05, 0) is 43.7 Å². The first kappa shape index (κ1) is 25.5. The van der Waals surface area contributed by atoms with Crippen LogP contribution in [0, 0.1) is 18.7 Å². The van der Waals surface area contributed by atoms with Gasteiger partial charge in [-0.2, -0.15) is 4.31 Å². The first-order valence-electron chi connectivity index (χ1n) is 11.0. The molecule has 1 aliphatic heterocycles. The zero-order chi connectivity index (χ0) is 25.0. The summed E-state index contributed by atoms with van der Waals surface area (Å²) in [6, 6.07) is 6.14. The molecule has 4 rings (SSSR count). The molecular formula is C22H24FN5O4S3. The Morgan fingerprint density at radius 3 is 2.74 bits per heavy atom. The van der Waals surface area contributed by atoms with Gasteiger partial charge in [-0.3, -0.25) is 4.79 Å². The van der Waals surface area contributed by atoms with Crippen LogP contribution in [0.15, 0.2) is 38.0 Å². The van der Waals surface area contributed by atoms with Crippen LogP contribution in [0.4, 0.5) is 9.52 Å². The van der Waals surface area contributed by atoms with E-state index in [0.29, 0.717) is 23.5 Å². The second-order valence-electron chi connectivity index (χ2n) is 7.79. The molecule has 1 aromatic carbocycles. The van der Waals surface area contributed by atoms with Gasteiger partial charge in [0, 0.05) is 24.6 Å². The molecule has 0 aliphatic carbocycles. The molecule has 0 radical (unpaired) electrons. The summed E-state index contributed by atoms with van der Waals surface area (Å²) in [5, 5.41) is 15.0. The lowest BCUT2D eigenvalue weighted by molar-refractivity contribution is -0.120. The van der Waals surface area contributed by atoms with Gasteiger partial charge in [-0.1, -0.05) is 53.4 Å². The zero-order valence-corrected chi connectivity index (χ0v) is 21.6. The molecule has 0 saturated carbocycles. The van der Waals surface area contributed by atoms with Crippen molar-refractivity contribution in [1.29, 1.82) is 0 Å². The largest absolute Gasteiger partial charge is 0.355 e. The van der Waals surface area contributed by atoms with Crippen LogP contribution in [0.1, 0.15) is 36.8 Å². The molecule has 1 saturated heterocycles. The minimum atomic E-state index is -3.93. The van der Waals surface area contributed by atoms with Crippen molar-refractivity contribution in [2.24, 2.45) is 5.92 Å². The van der Waals surface area contributed by atoms with E-state index in [9.17, 15) is 17.6 Å². The van der Waals surface area contributed by atoms with Crippen molar-refractivity contribution in [3.05, 3.63) is 47.1 Å². The quantitative estimate of drug-likeness (QED) is 0.334. The number of thioether (sulfide) groups is 1. The fraction of sp³-hybridized carbons (Fsp3) is 0.364. The second kappa shape index (κ2) is 11.0. The Balaban J connectivity index is 1.43. The maximum absolute atomic E-state index is 13.9. The lowest BCUT2D eigenvalue weighted by Crippen LogP contribution is -2.41. The summed E-state index contributed by atoms with van der Waals surface area (Å²) in [5.74, 6) is -0.0688. The number of benzene rings is 1. The van der Waals surface area contributed by atoms with Gasteiger partial charge in [-0.15, -0.1) is 10.2 Å². The fourth-order valence-corrected chi connectivity index (χ4v) is 7.08. The van der Waals surface area contributed by atoms with Gasteiger partial charge in [0.1, 0.15) is 11.5 Å². The van der Waals surface area contributed by atoms with Crippen LogP contribution in [0.5, 0.6) is 0 Å². The standard InChI is InChI=1S/C22H24FN5O4S3/c1-3-33-22-26-25-21(34-22)24-20(29)16-10-12-28(13-11-16)35(30,31)19-14(2)27-32-18(19)9-8-15-6-4-5-7-17(15)23/h4-9,16H,3,10-13H2,1-2H3,(H,24,25,29). The minimum Gasteiger partial charge on any atom is -0.355 e. The number of rotatable bonds is 8. The number of nitrogens with zero attached hydrogens (tertiary/aromatic N) is 4. The van der Waals surface area contributed by atoms with Crippen LogP contribution in [-0.2, 0) is 14.8 Å². The number of carbonyl (C=O) groups is 1. The molecule has 0 spiro atoms. The van der Waals surface area contributed by atoms with E-state index in [-0.39, 0.29) is 41.3 Å². The number of aromatic nitrogens is 3. The minimum absolute atomic E-state index is 0.0302. The number of aryl methyl sites for hydroxylation is 1. The average Bonchev–Trinajstić information content (AvgIpc) is 3.45. The Morgan fingerprint density at radius 2 is 2.03 bits per heavy atom. The van der Waals surface area contributed by atoms with E-state index in [1.54, 1.807) is 36.9 Å². The molecule has 3 heterocycles. The van der Waals surface area contributed by atoms with Crippen molar-refractivity contribution in [2.75, 3.05) is 24.2 Å². The summed E-state index contributed by atoms with van der Waals surface area (Å²) in [4.78, 5) is 12.6. The predicted octanol–water partition coefficient (Wildman–Crippen LogP) is 4.30. The third-order valence-electron chi connectivity index (χ3n) is 5.48. The molecule has 0 atom stereocenters. The molecule has 186 valence electrons. The Kier molecular flexibility index (Phi) is 7.99. The van der Waals surface area contributed by atoms with Crippen molar-refractivity contribution in [2.45, 2.75) is 35.9 Å². The number of carbonyl (C=O) groups excluding carboxylic acids is 1. The first-order valence-corrected chi connectivity index (χ1v) is 14.2. The van der Waals surface area contributed by atoms with E-state index < -0.39 is 15.8 Å². The topological polar surface area (TPSA) is 118 Å². The van der Waals surface area contributed by atoms with E-state index in [2.05, 4.69) is 20.7 Å². The number of hydrogen-bond acceptors (Lipinski definition) is 9. The zero-order valence-electron chi connectivity index (χ0n) is 19.1. The molecule has 1 amide bonds.